The quantitative estimate of drug-likeness (QED) is 0.560. The zero-order chi connectivity index (χ0) is 23.4. The van der Waals surface area contributed by atoms with E-state index in [0.717, 1.165) is 22.3 Å². The molecule has 172 valence electrons. The Morgan fingerprint density at radius 2 is 1.52 bits per heavy atom. The number of fused-ring (bicyclic) bond motifs is 3. The number of carbonyl (C=O) groups is 4. The minimum atomic E-state index is -0.889. The molecule has 2 aliphatic rings. The monoisotopic (exact) mass is 451 g/mol. The summed E-state index contributed by atoms with van der Waals surface area (Å²) in [7, 11) is 0. The third-order valence-corrected chi connectivity index (χ3v) is 5.95. The predicted molar refractivity (Wildman–Crippen MR) is 118 cm³/mol. The van der Waals surface area contributed by atoms with E-state index in [1.54, 1.807) is 0 Å². The first-order valence-electron chi connectivity index (χ1n) is 10.8. The first-order valence-corrected chi connectivity index (χ1v) is 10.8. The second kappa shape index (κ2) is 9.72. The standard InChI is InChI=1S/C24H25N3O6/c28-21(25-11-22(29)27-12-15(13-27)9-23(30)31)10-26-24(32)33-14-20-18-7-3-1-5-16(18)17-6-2-4-8-19(17)20/h1-8,15,20H,9-14H2,(H,25,28)(H,26,32)(H,30,31). The molecule has 0 aromatic heterocycles. The molecule has 33 heavy (non-hydrogen) atoms. The molecule has 0 spiro atoms. The Morgan fingerprint density at radius 1 is 0.909 bits per heavy atom. The molecule has 0 radical (unpaired) electrons. The number of likely N-dealkylation sites (tertiary alicyclic amines) is 1. The number of carbonyl (C=O) groups excluding carboxylic acids is 3. The van der Waals surface area contributed by atoms with Gasteiger partial charge in [-0.3, -0.25) is 14.4 Å². The molecule has 0 atom stereocenters. The van der Waals surface area contributed by atoms with Gasteiger partial charge in [0.1, 0.15) is 13.2 Å². The highest BCUT2D eigenvalue weighted by Gasteiger charge is 2.32. The van der Waals surface area contributed by atoms with E-state index in [4.69, 9.17) is 9.84 Å². The van der Waals surface area contributed by atoms with E-state index in [1.165, 1.54) is 4.90 Å². The summed E-state index contributed by atoms with van der Waals surface area (Å²) in [6.45, 7) is 0.376. The predicted octanol–water partition coefficient (Wildman–Crippen LogP) is 1.57. The highest BCUT2D eigenvalue weighted by Crippen LogP contribution is 2.44. The molecule has 2 aromatic carbocycles. The molecule has 4 rings (SSSR count). The molecule has 0 bridgehead atoms. The van der Waals surface area contributed by atoms with Crippen LogP contribution in [0, 0.1) is 5.92 Å². The van der Waals surface area contributed by atoms with Crippen molar-refractivity contribution < 1.29 is 29.0 Å². The Labute approximate surface area is 190 Å². The fourth-order valence-corrected chi connectivity index (χ4v) is 4.30. The first-order chi connectivity index (χ1) is 15.9. The highest BCUT2D eigenvalue weighted by molar-refractivity contribution is 5.87. The lowest BCUT2D eigenvalue weighted by Gasteiger charge is -2.38. The van der Waals surface area contributed by atoms with Gasteiger partial charge in [0, 0.05) is 24.9 Å². The van der Waals surface area contributed by atoms with Crippen LogP contribution in [0.3, 0.4) is 0 Å². The Bertz CT molecular complexity index is 1030. The van der Waals surface area contributed by atoms with Gasteiger partial charge < -0.3 is 25.4 Å². The van der Waals surface area contributed by atoms with Crippen LogP contribution in [0.15, 0.2) is 48.5 Å². The van der Waals surface area contributed by atoms with Crippen LogP contribution in [0.2, 0.25) is 0 Å². The molecule has 0 saturated carbocycles. The number of benzene rings is 2. The van der Waals surface area contributed by atoms with Crippen LogP contribution in [-0.2, 0) is 19.1 Å². The van der Waals surface area contributed by atoms with Crippen LogP contribution in [0.5, 0.6) is 0 Å². The molecule has 1 saturated heterocycles. The topological polar surface area (TPSA) is 125 Å². The van der Waals surface area contributed by atoms with Crippen LogP contribution >= 0.6 is 0 Å². The van der Waals surface area contributed by atoms with Crippen molar-refractivity contribution in [1.82, 2.24) is 15.5 Å². The number of alkyl carbamates (subject to hydrolysis) is 1. The molecule has 3 N–H and O–H groups in total. The molecule has 9 heteroatoms. The van der Waals surface area contributed by atoms with Gasteiger partial charge in [0.2, 0.25) is 11.8 Å². The highest BCUT2D eigenvalue weighted by atomic mass is 16.5. The van der Waals surface area contributed by atoms with Crippen molar-refractivity contribution in [1.29, 1.82) is 0 Å². The van der Waals surface area contributed by atoms with Crippen molar-refractivity contribution in [2.24, 2.45) is 5.92 Å². The molecule has 1 fully saturated rings. The summed E-state index contributed by atoms with van der Waals surface area (Å²) < 4.78 is 5.37. The molecular formula is C24H25N3O6. The maximum atomic E-state index is 12.1. The van der Waals surface area contributed by atoms with Crippen molar-refractivity contribution >= 4 is 23.9 Å². The Morgan fingerprint density at radius 3 is 2.12 bits per heavy atom. The van der Waals surface area contributed by atoms with Crippen molar-refractivity contribution in [3.05, 3.63) is 59.7 Å². The van der Waals surface area contributed by atoms with Gasteiger partial charge in [-0.25, -0.2) is 4.79 Å². The van der Waals surface area contributed by atoms with Gasteiger partial charge in [0.15, 0.2) is 0 Å². The number of nitrogens with one attached hydrogen (secondary N) is 2. The summed E-state index contributed by atoms with van der Waals surface area (Å²) in [5.41, 5.74) is 4.45. The van der Waals surface area contributed by atoms with Gasteiger partial charge in [0.05, 0.1) is 13.0 Å². The van der Waals surface area contributed by atoms with Crippen molar-refractivity contribution in [3.63, 3.8) is 0 Å². The Kier molecular flexibility index (Phi) is 6.58. The van der Waals surface area contributed by atoms with Gasteiger partial charge in [-0.05, 0) is 22.3 Å². The van der Waals surface area contributed by atoms with E-state index < -0.39 is 18.0 Å². The normalized spacial score (nSPS) is 14.6. The average molecular weight is 451 g/mol. The first kappa shape index (κ1) is 22.3. The minimum Gasteiger partial charge on any atom is -0.481 e. The lowest BCUT2D eigenvalue weighted by Crippen LogP contribution is -2.53. The van der Waals surface area contributed by atoms with E-state index in [9.17, 15) is 19.2 Å². The van der Waals surface area contributed by atoms with Crippen LogP contribution in [0.25, 0.3) is 11.1 Å². The van der Waals surface area contributed by atoms with E-state index in [1.807, 2.05) is 48.5 Å². The Balaban J connectivity index is 1.18. The molecule has 2 aromatic rings. The number of carboxylic acid groups (broad SMARTS) is 1. The number of hydrogen-bond acceptors (Lipinski definition) is 5. The number of ether oxygens (including phenoxy) is 1. The second-order valence-electron chi connectivity index (χ2n) is 8.22. The minimum absolute atomic E-state index is 0.0280. The van der Waals surface area contributed by atoms with Gasteiger partial charge in [-0.1, -0.05) is 48.5 Å². The maximum Gasteiger partial charge on any atom is 0.407 e. The molecule has 1 aliphatic heterocycles. The zero-order valence-corrected chi connectivity index (χ0v) is 18.0. The fourth-order valence-electron chi connectivity index (χ4n) is 4.30. The lowest BCUT2D eigenvalue weighted by molar-refractivity contribution is -0.144. The van der Waals surface area contributed by atoms with Crippen molar-refractivity contribution in [3.8, 4) is 11.1 Å². The number of hydrogen-bond donors (Lipinski definition) is 3. The summed E-state index contributed by atoms with van der Waals surface area (Å²) in [5, 5.41) is 13.6. The summed E-state index contributed by atoms with van der Waals surface area (Å²) in [6.07, 6.45) is -0.683. The number of rotatable bonds is 8. The zero-order valence-electron chi connectivity index (χ0n) is 18.0. The molecule has 3 amide bonds. The molecular weight excluding hydrogens is 426 g/mol. The summed E-state index contributed by atoms with van der Waals surface area (Å²) in [4.78, 5) is 48.2. The van der Waals surface area contributed by atoms with Gasteiger partial charge in [0.25, 0.3) is 0 Å². The van der Waals surface area contributed by atoms with Crippen molar-refractivity contribution in [2.75, 3.05) is 32.8 Å². The van der Waals surface area contributed by atoms with Gasteiger partial charge in [-0.15, -0.1) is 0 Å². The number of amides is 3. The molecule has 9 nitrogen and oxygen atoms in total. The largest absolute Gasteiger partial charge is 0.481 e. The third kappa shape index (κ3) is 5.14. The second-order valence-corrected chi connectivity index (χ2v) is 8.22. The maximum absolute atomic E-state index is 12.1. The average Bonchev–Trinajstić information content (AvgIpc) is 3.10. The summed E-state index contributed by atoms with van der Waals surface area (Å²) in [5.74, 6) is -1.81. The number of carboxylic acids is 1. The summed E-state index contributed by atoms with van der Waals surface area (Å²) >= 11 is 0. The SMILES string of the molecule is O=C(O)CC1CN(C(=O)CNC(=O)CNC(=O)OCC2c3ccccc3-c3ccccc32)C1. The molecule has 1 aliphatic carbocycles. The van der Waals surface area contributed by atoms with Crippen LogP contribution < -0.4 is 10.6 Å². The lowest BCUT2D eigenvalue weighted by atomic mass is 9.96. The number of aliphatic carboxylic acids is 1. The van der Waals surface area contributed by atoms with Gasteiger partial charge >= 0.3 is 12.1 Å². The van der Waals surface area contributed by atoms with Crippen LogP contribution in [0.1, 0.15) is 23.5 Å². The van der Waals surface area contributed by atoms with Gasteiger partial charge in [-0.2, -0.15) is 0 Å². The van der Waals surface area contributed by atoms with E-state index >= 15 is 0 Å². The fraction of sp³-hybridized carbons (Fsp3) is 0.333. The Hall–Kier alpha value is -3.88. The van der Waals surface area contributed by atoms with E-state index in [0.29, 0.717) is 13.1 Å². The molecule has 0 unspecified atom stereocenters. The van der Waals surface area contributed by atoms with E-state index in [2.05, 4.69) is 10.6 Å². The van der Waals surface area contributed by atoms with Crippen LogP contribution in [-0.4, -0.2) is 66.7 Å². The third-order valence-electron chi connectivity index (χ3n) is 5.95. The van der Waals surface area contributed by atoms with E-state index in [-0.39, 0.29) is 43.9 Å². The smallest absolute Gasteiger partial charge is 0.407 e. The summed E-state index contributed by atoms with van der Waals surface area (Å²) in [6, 6.07) is 16.0. The number of nitrogens with zero attached hydrogens (tertiary/aromatic N) is 1. The molecule has 1 heterocycles. The van der Waals surface area contributed by atoms with Crippen LogP contribution in [0.4, 0.5) is 4.79 Å². The van der Waals surface area contributed by atoms with Crippen molar-refractivity contribution in [2.45, 2.75) is 12.3 Å².